The molecule has 0 aliphatic heterocycles. The summed E-state index contributed by atoms with van der Waals surface area (Å²) in [5.74, 6) is -2.70. The van der Waals surface area contributed by atoms with E-state index in [1.165, 1.54) is 12.1 Å². The first-order valence-corrected chi connectivity index (χ1v) is 5.47. The molecule has 7 nitrogen and oxygen atoms in total. The maximum Gasteiger partial charge on any atom is 0.307 e. The smallest absolute Gasteiger partial charge is 0.307 e. The molecular formula is C12H14N2O5. The summed E-state index contributed by atoms with van der Waals surface area (Å²) in [5.41, 5.74) is 6.42. The summed E-state index contributed by atoms with van der Waals surface area (Å²) in [6.45, 7) is 0. The van der Waals surface area contributed by atoms with Gasteiger partial charge in [-0.3, -0.25) is 14.4 Å². The quantitative estimate of drug-likeness (QED) is 0.575. The van der Waals surface area contributed by atoms with Crippen LogP contribution in [0.2, 0.25) is 0 Å². The summed E-state index contributed by atoms with van der Waals surface area (Å²) < 4.78 is 0. The monoisotopic (exact) mass is 266 g/mol. The number of carboxylic acids is 2. The molecule has 102 valence electrons. The number of anilines is 1. The molecule has 0 aliphatic carbocycles. The second-order valence-corrected chi connectivity index (χ2v) is 3.96. The third-order valence-corrected chi connectivity index (χ3v) is 2.31. The molecule has 1 aromatic carbocycles. The van der Waals surface area contributed by atoms with Crippen molar-refractivity contribution in [3.63, 3.8) is 0 Å². The van der Waals surface area contributed by atoms with Gasteiger partial charge in [0.15, 0.2) is 0 Å². The molecule has 7 heteroatoms. The molecule has 0 spiro atoms. The molecule has 0 fully saturated rings. The van der Waals surface area contributed by atoms with Crippen LogP contribution in [0.3, 0.4) is 0 Å². The Morgan fingerprint density at radius 1 is 1.11 bits per heavy atom. The van der Waals surface area contributed by atoms with Crippen molar-refractivity contribution < 1.29 is 24.6 Å². The average molecular weight is 266 g/mol. The van der Waals surface area contributed by atoms with E-state index in [2.05, 4.69) is 5.32 Å². The van der Waals surface area contributed by atoms with Crippen LogP contribution in [0.1, 0.15) is 12.0 Å². The van der Waals surface area contributed by atoms with Gasteiger partial charge in [-0.2, -0.15) is 0 Å². The molecule has 1 amide bonds. The number of carbonyl (C=O) groups is 3. The lowest BCUT2D eigenvalue weighted by Crippen LogP contribution is -2.37. The van der Waals surface area contributed by atoms with Gasteiger partial charge >= 0.3 is 11.9 Å². The number of hydrogen-bond donors (Lipinski definition) is 4. The molecular weight excluding hydrogens is 252 g/mol. The summed E-state index contributed by atoms with van der Waals surface area (Å²) >= 11 is 0. The van der Waals surface area contributed by atoms with Crippen LogP contribution in [0.5, 0.6) is 0 Å². The van der Waals surface area contributed by atoms with Crippen molar-refractivity contribution in [2.24, 2.45) is 5.73 Å². The fraction of sp³-hybridized carbons (Fsp3) is 0.250. The predicted molar refractivity (Wildman–Crippen MR) is 66.6 cm³/mol. The molecule has 0 aliphatic rings. The molecule has 0 aromatic heterocycles. The molecule has 5 N–H and O–H groups in total. The first kappa shape index (κ1) is 14.7. The van der Waals surface area contributed by atoms with Gasteiger partial charge in [0, 0.05) is 5.69 Å². The summed E-state index contributed by atoms with van der Waals surface area (Å²) in [7, 11) is 0. The largest absolute Gasteiger partial charge is 0.481 e. The van der Waals surface area contributed by atoms with Crippen LogP contribution in [0.25, 0.3) is 0 Å². The van der Waals surface area contributed by atoms with E-state index in [1.54, 1.807) is 12.1 Å². The third kappa shape index (κ3) is 5.17. The summed E-state index contributed by atoms with van der Waals surface area (Å²) in [6, 6.07) is 5.06. The van der Waals surface area contributed by atoms with Crippen LogP contribution in [0, 0.1) is 0 Å². The van der Waals surface area contributed by atoms with E-state index < -0.39 is 30.3 Å². The predicted octanol–water partition coefficient (Wildman–Crippen LogP) is 0.0542. The lowest BCUT2D eigenvalue weighted by Gasteiger charge is -2.10. The van der Waals surface area contributed by atoms with E-state index in [0.29, 0.717) is 11.3 Å². The number of carboxylic acid groups (broad SMARTS) is 2. The Bertz CT molecular complexity index is 483. The van der Waals surface area contributed by atoms with Crippen LogP contribution in [0.15, 0.2) is 24.3 Å². The van der Waals surface area contributed by atoms with E-state index in [4.69, 9.17) is 15.9 Å². The molecule has 1 aromatic rings. The minimum Gasteiger partial charge on any atom is -0.481 e. The van der Waals surface area contributed by atoms with Crippen molar-refractivity contribution in [3.8, 4) is 0 Å². The van der Waals surface area contributed by atoms with Crippen molar-refractivity contribution >= 4 is 23.5 Å². The topological polar surface area (TPSA) is 130 Å². The van der Waals surface area contributed by atoms with Crippen molar-refractivity contribution in [2.45, 2.75) is 18.9 Å². The lowest BCUT2D eigenvalue weighted by molar-refractivity contribution is -0.139. The number of hydrogen-bond acceptors (Lipinski definition) is 4. The van der Waals surface area contributed by atoms with Crippen molar-refractivity contribution in [1.82, 2.24) is 0 Å². The van der Waals surface area contributed by atoms with Gasteiger partial charge in [0.1, 0.15) is 0 Å². The van der Waals surface area contributed by atoms with Gasteiger partial charge in [0.05, 0.1) is 18.9 Å². The number of rotatable bonds is 6. The second-order valence-electron chi connectivity index (χ2n) is 3.96. The first-order chi connectivity index (χ1) is 8.88. The lowest BCUT2D eigenvalue weighted by atomic mass is 10.1. The van der Waals surface area contributed by atoms with E-state index in [9.17, 15) is 14.4 Å². The fourth-order valence-corrected chi connectivity index (χ4v) is 1.40. The van der Waals surface area contributed by atoms with E-state index in [0.717, 1.165) is 0 Å². The zero-order chi connectivity index (χ0) is 14.4. The van der Waals surface area contributed by atoms with Crippen LogP contribution in [0.4, 0.5) is 5.69 Å². The van der Waals surface area contributed by atoms with Crippen molar-refractivity contribution in [2.75, 3.05) is 5.32 Å². The Balaban J connectivity index is 2.60. The minimum absolute atomic E-state index is 0.104. The SMILES string of the molecule is NC(CC(=O)O)C(=O)Nc1ccc(CC(=O)O)cc1. The van der Waals surface area contributed by atoms with Gasteiger partial charge in [-0.25, -0.2) is 0 Å². The van der Waals surface area contributed by atoms with Crippen LogP contribution in [-0.2, 0) is 20.8 Å². The van der Waals surface area contributed by atoms with Crippen LogP contribution in [-0.4, -0.2) is 34.1 Å². The fourth-order valence-electron chi connectivity index (χ4n) is 1.40. The van der Waals surface area contributed by atoms with Crippen molar-refractivity contribution in [1.29, 1.82) is 0 Å². The Hall–Kier alpha value is -2.41. The zero-order valence-electron chi connectivity index (χ0n) is 10.00. The minimum atomic E-state index is -1.15. The Morgan fingerprint density at radius 3 is 2.16 bits per heavy atom. The highest BCUT2D eigenvalue weighted by atomic mass is 16.4. The highest BCUT2D eigenvalue weighted by molar-refractivity contribution is 5.96. The van der Waals surface area contributed by atoms with Gasteiger partial charge in [-0.15, -0.1) is 0 Å². The number of carbonyl (C=O) groups excluding carboxylic acids is 1. The van der Waals surface area contributed by atoms with E-state index >= 15 is 0 Å². The van der Waals surface area contributed by atoms with Gasteiger partial charge in [0.2, 0.25) is 5.91 Å². The Morgan fingerprint density at radius 2 is 1.68 bits per heavy atom. The van der Waals surface area contributed by atoms with Gasteiger partial charge in [-0.1, -0.05) is 12.1 Å². The second kappa shape index (κ2) is 6.50. The molecule has 0 radical (unpaired) electrons. The van der Waals surface area contributed by atoms with Gasteiger partial charge in [0.25, 0.3) is 0 Å². The number of aliphatic carboxylic acids is 2. The summed E-state index contributed by atoms with van der Waals surface area (Å²) in [4.78, 5) is 32.4. The highest BCUT2D eigenvalue weighted by Crippen LogP contribution is 2.10. The molecule has 1 atom stereocenters. The average Bonchev–Trinajstić information content (AvgIpc) is 2.30. The highest BCUT2D eigenvalue weighted by Gasteiger charge is 2.16. The molecule has 0 saturated heterocycles. The molecule has 0 saturated carbocycles. The normalized spacial score (nSPS) is 11.6. The molecule has 1 unspecified atom stereocenters. The number of amides is 1. The maximum absolute atomic E-state index is 11.5. The van der Waals surface area contributed by atoms with Gasteiger partial charge < -0.3 is 21.3 Å². The first-order valence-electron chi connectivity index (χ1n) is 5.47. The van der Waals surface area contributed by atoms with E-state index in [1.807, 2.05) is 0 Å². The molecule has 1 rings (SSSR count). The Kier molecular flexibility index (Phi) is 5.01. The van der Waals surface area contributed by atoms with Crippen molar-refractivity contribution in [3.05, 3.63) is 29.8 Å². The number of benzene rings is 1. The molecule has 19 heavy (non-hydrogen) atoms. The number of nitrogens with two attached hydrogens (primary N) is 1. The molecule has 0 heterocycles. The van der Waals surface area contributed by atoms with Crippen LogP contribution < -0.4 is 11.1 Å². The number of nitrogens with one attached hydrogen (secondary N) is 1. The molecule has 0 bridgehead atoms. The summed E-state index contributed by atoms with van der Waals surface area (Å²) in [6.07, 6.45) is -0.560. The van der Waals surface area contributed by atoms with Crippen LogP contribution >= 0.6 is 0 Å². The summed E-state index contributed by atoms with van der Waals surface area (Å²) in [5, 5.41) is 19.6. The van der Waals surface area contributed by atoms with Gasteiger partial charge in [-0.05, 0) is 17.7 Å². The van der Waals surface area contributed by atoms with E-state index in [-0.39, 0.29) is 6.42 Å². The third-order valence-electron chi connectivity index (χ3n) is 2.31. The standard InChI is InChI=1S/C12H14N2O5/c13-9(6-11(17)18)12(19)14-8-3-1-7(2-4-8)5-10(15)16/h1-4,9H,5-6,13H2,(H,14,19)(H,15,16)(H,17,18). The maximum atomic E-state index is 11.5. The Labute approximate surface area is 109 Å². The zero-order valence-corrected chi connectivity index (χ0v) is 10.00.